The fourth-order valence-electron chi connectivity index (χ4n) is 2.33. The summed E-state index contributed by atoms with van der Waals surface area (Å²) in [6.45, 7) is 22.2. The fourth-order valence-corrected chi connectivity index (χ4v) is 5.29. The van der Waals surface area contributed by atoms with Crippen molar-refractivity contribution >= 4 is 26.8 Å². The minimum atomic E-state index is -3.95. The van der Waals surface area contributed by atoms with Crippen LogP contribution in [-0.2, 0) is 27.9 Å². The van der Waals surface area contributed by atoms with Crippen LogP contribution >= 0.6 is 0 Å². The zero-order chi connectivity index (χ0) is 23.1. The first-order valence-corrected chi connectivity index (χ1v) is 17.4. The lowest BCUT2D eigenvalue weighted by Gasteiger charge is -2.41. The summed E-state index contributed by atoms with van der Waals surface area (Å²) < 4.78 is 47.8. The number of hydrogen-bond acceptors (Lipinski definition) is 7. The molecule has 7 nitrogen and oxygen atoms in total. The molecule has 3 atom stereocenters. The van der Waals surface area contributed by atoms with Crippen LogP contribution in [0.25, 0.3) is 0 Å². The molecule has 0 amide bonds. The van der Waals surface area contributed by atoms with E-state index in [-0.39, 0.29) is 16.7 Å². The van der Waals surface area contributed by atoms with Gasteiger partial charge in [-0.15, -0.1) is 0 Å². The Labute approximate surface area is 179 Å². The molecule has 0 aliphatic carbocycles. The van der Waals surface area contributed by atoms with Crippen LogP contribution in [-0.4, -0.2) is 55.7 Å². The molecule has 1 rings (SSSR count). The maximum atomic E-state index is 12.0. The Morgan fingerprint density at radius 1 is 1.07 bits per heavy atom. The molecule has 1 saturated heterocycles. The van der Waals surface area contributed by atoms with Gasteiger partial charge in [0.2, 0.25) is 5.60 Å². The summed E-state index contributed by atoms with van der Waals surface area (Å²) in [6, 6.07) is 2.06. The molecule has 169 valence electrons. The van der Waals surface area contributed by atoms with Crippen LogP contribution in [0.2, 0.25) is 36.3 Å². The number of nitriles is 1. The van der Waals surface area contributed by atoms with Crippen molar-refractivity contribution in [2.24, 2.45) is 0 Å². The van der Waals surface area contributed by atoms with Gasteiger partial charge in [-0.3, -0.25) is 0 Å². The molecule has 0 aromatic carbocycles. The quantitative estimate of drug-likeness (QED) is 0.411. The van der Waals surface area contributed by atoms with Crippen molar-refractivity contribution in [3.05, 3.63) is 6.61 Å². The summed E-state index contributed by atoms with van der Waals surface area (Å²) in [5.74, 6) is 0. The van der Waals surface area contributed by atoms with Crippen molar-refractivity contribution in [2.75, 3.05) is 12.9 Å². The second-order valence-electron chi connectivity index (χ2n) is 10.8. The van der Waals surface area contributed by atoms with Crippen LogP contribution in [0.15, 0.2) is 0 Å². The number of hydrogen-bond donors (Lipinski definition) is 0. The van der Waals surface area contributed by atoms with Crippen LogP contribution in [0.1, 0.15) is 41.5 Å². The smallest absolute Gasteiger partial charge is 0.266 e. The Bertz CT molecular complexity index is 733. The highest BCUT2D eigenvalue weighted by Crippen LogP contribution is 2.44. The zero-order valence-electron chi connectivity index (χ0n) is 19.7. The van der Waals surface area contributed by atoms with Gasteiger partial charge in [0.1, 0.15) is 24.9 Å². The lowest BCUT2D eigenvalue weighted by atomic mass is 9.95. The molecular weight excluding hydrogens is 426 g/mol. The zero-order valence-corrected chi connectivity index (χ0v) is 22.6. The molecule has 29 heavy (non-hydrogen) atoms. The standard InChI is InChI=1S/C19H38NO6SSi2/c1-17(2,3)28(8,9)24-13-15-19(14-20,26-27(7,21)22)16(12-23-15)25-29(10,11)18(4,5)6/h12,15-16H,13H2,1-11H3. The molecular formula is C19H38NO6SSi2. The molecule has 1 heterocycles. The molecule has 1 aliphatic rings. The van der Waals surface area contributed by atoms with E-state index in [1.807, 2.05) is 13.1 Å². The highest BCUT2D eigenvalue weighted by molar-refractivity contribution is 7.86. The van der Waals surface area contributed by atoms with Gasteiger partial charge in [-0.1, -0.05) is 41.5 Å². The second kappa shape index (κ2) is 8.33. The van der Waals surface area contributed by atoms with E-state index < -0.39 is 44.6 Å². The highest BCUT2D eigenvalue weighted by atomic mass is 32.2. The van der Waals surface area contributed by atoms with E-state index in [0.717, 1.165) is 6.26 Å². The van der Waals surface area contributed by atoms with Crippen molar-refractivity contribution < 1.29 is 26.2 Å². The van der Waals surface area contributed by atoms with E-state index in [1.165, 1.54) is 6.61 Å². The monoisotopic (exact) mass is 464 g/mol. The van der Waals surface area contributed by atoms with Gasteiger partial charge >= 0.3 is 0 Å². The summed E-state index contributed by atoms with van der Waals surface area (Å²) in [7, 11) is -8.43. The molecule has 10 heteroatoms. The third-order valence-electron chi connectivity index (χ3n) is 6.36. The van der Waals surface area contributed by atoms with E-state index in [1.54, 1.807) is 0 Å². The van der Waals surface area contributed by atoms with Crippen molar-refractivity contribution in [1.29, 1.82) is 5.26 Å². The van der Waals surface area contributed by atoms with E-state index in [4.69, 9.17) is 17.8 Å². The van der Waals surface area contributed by atoms with Crippen molar-refractivity contribution in [1.82, 2.24) is 0 Å². The normalized spacial score (nSPS) is 27.1. The van der Waals surface area contributed by atoms with Gasteiger partial charge in [0.25, 0.3) is 10.1 Å². The van der Waals surface area contributed by atoms with Gasteiger partial charge in [-0.2, -0.15) is 13.7 Å². The third-order valence-corrected chi connectivity index (χ3v) is 15.9. The number of ether oxygens (including phenoxy) is 1. The molecule has 0 saturated carbocycles. The Balaban J connectivity index is 3.26. The topological polar surface area (TPSA) is 94.8 Å². The minimum absolute atomic E-state index is 0.0423. The Hall–Kier alpha value is -0.286. The first-order valence-electron chi connectivity index (χ1n) is 9.81. The van der Waals surface area contributed by atoms with Crippen LogP contribution in [0, 0.1) is 17.9 Å². The first kappa shape index (κ1) is 26.7. The van der Waals surface area contributed by atoms with E-state index in [0.29, 0.717) is 0 Å². The van der Waals surface area contributed by atoms with Gasteiger partial charge in [0.15, 0.2) is 16.6 Å². The van der Waals surface area contributed by atoms with Crippen molar-refractivity contribution in [2.45, 2.75) is 95.6 Å². The average Bonchev–Trinajstić information content (AvgIpc) is 2.78. The molecule has 0 bridgehead atoms. The van der Waals surface area contributed by atoms with Gasteiger partial charge in [-0.05, 0) is 36.3 Å². The van der Waals surface area contributed by atoms with Crippen LogP contribution in [0.3, 0.4) is 0 Å². The molecule has 0 N–H and O–H groups in total. The molecule has 3 unspecified atom stereocenters. The van der Waals surface area contributed by atoms with Gasteiger partial charge in [0.05, 0.1) is 12.9 Å². The lowest BCUT2D eigenvalue weighted by Crippen LogP contribution is -2.57. The molecule has 1 aliphatic heterocycles. The van der Waals surface area contributed by atoms with E-state index in [9.17, 15) is 13.7 Å². The summed E-state index contributed by atoms with van der Waals surface area (Å²) in [5, 5.41) is 9.88. The highest BCUT2D eigenvalue weighted by Gasteiger charge is 2.60. The summed E-state index contributed by atoms with van der Waals surface area (Å²) in [4.78, 5) is 0. The van der Waals surface area contributed by atoms with Crippen molar-refractivity contribution in [3.8, 4) is 6.07 Å². The Morgan fingerprint density at radius 3 is 1.93 bits per heavy atom. The van der Waals surface area contributed by atoms with Crippen LogP contribution in [0.5, 0.6) is 0 Å². The largest absolute Gasteiger partial charge is 0.414 e. The van der Waals surface area contributed by atoms with Gasteiger partial charge < -0.3 is 13.6 Å². The molecule has 1 radical (unpaired) electrons. The lowest BCUT2D eigenvalue weighted by molar-refractivity contribution is -0.0255. The predicted molar refractivity (Wildman–Crippen MR) is 119 cm³/mol. The molecule has 0 aromatic rings. The maximum absolute atomic E-state index is 12.0. The van der Waals surface area contributed by atoms with Crippen molar-refractivity contribution in [3.63, 3.8) is 0 Å². The molecule has 0 spiro atoms. The minimum Gasteiger partial charge on any atom is -0.414 e. The third kappa shape index (κ3) is 6.12. The molecule has 1 fully saturated rings. The average molecular weight is 465 g/mol. The summed E-state index contributed by atoms with van der Waals surface area (Å²) in [6.07, 6.45) is -0.915. The number of rotatable bonds is 7. The van der Waals surface area contributed by atoms with Gasteiger partial charge in [-0.25, -0.2) is 4.18 Å². The first-order chi connectivity index (χ1) is 12.7. The summed E-state index contributed by atoms with van der Waals surface area (Å²) >= 11 is 0. The molecule has 0 aromatic heterocycles. The SMILES string of the molecule is CC(C)(C)[Si](C)(C)OCC1O[CH]C(O[Si](C)(C)C(C)(C)C)C1(C#N)OS(C)(=O)=O. The maximum Gasteiger partial charge on any atom is 0.266 e. The number of nitrogens with zero attached hydrogens (tertiary/aromatic N) is 1. The van der Waals surface area contributed by atoms with Crippen LogP contribution < -0.4 is 0 Å². The Morgan fingerprint density at radius 2 is 1.55 bits per heavy atom. The summed E-state index contributed by atoms with van der Waals surface area (Å²) in [5.41, 5.74) is -1.83. The fraction of sp³-hybridized carbons (Fsp3) is 0.895. The van der Waals surface area contributed by atoms with E-state index >= 15 is 0 Å². The Kier molecular flexibility index (Phi) is 7.69. The van der Waals surface area contributed by atoms with Crippen LogP contribution in [0.4, 0.5) is 0 Å². The predicted octanol–water partition coefficient (Wildman–Crippen LogP) is 4.20. The second-order valence-corrected chi connectivity index (χ2v) is 22.0. The van der Waals surface area contributed by atoms with E-state index in [2.05, 4.69) is 60.7 Å². The van der Waals surface area contributed by atoms with Gasteiger partial charge in [0, 0.05) is 0 Å².